The van der Waals surface area contributed by atoms with Gasteiger partial charge in [-0.2, -0.15) is 13.2 Å². The molecule has 1 saturated heterocycles. The van der Waals surface area contributed by atoms with Gasteiger partial charge in [-0.25, -0.2) is 14.6 Å². The number of halogens is 3. The molecule has 3 unspecified atom stereocenters. The Labute approximate surface area is 200 Å². The van der Waals surface area contributed by atoms with Crippen molar-refractivity contribution in [1.82, 2.24) is 9.88 Å². The molecule has 1 fully saturated rings. The standard InChI is InChI=1S/C21H28N4OS.C2HF3O2/c1-14(22)17-8-5-11-25(13-17)21(26)24-20-23-18-10-9-16(12-19(18)27-20)15-6-3-2-4-7-15;3-2(4,5)1(6)7/h2-4,6-7,14,16-17H,5,8-13,22H2,1H3,(H,23,24,26);(H,6,7). The van der Waals surface area contributed by atoms with Crippen LogP contribution in [0.3, 0.4) is 0 Å². The topological polar surface area (TPSA) is 109 Å². The molecule has 4 N–H and O–H groups in total. The molecule has 0 radical (unpaired) electrons. The summed E-state index contributed by atoms with van der Waals surface area (Å²) >= 11 is 1.64. The second-order valence-corrected chi connectivity index (χ2v) is 9.76. The number of nitrogens with zero attached hydrogens (tertiary/aromatic N) is 2. The van der Waals surface area contributed by atoms with E-state index in [1.165, 1.54) is 10.4 Å². The summed E-state index contributed by atoms with van der Waals surface area (Å²) in [6.07, 6.45) is 0.165. The largest absolute Gasteiger partial charge is 0.490 e. The normalized spacial score (nSPS) is 21.0. The minimum atomic E-state index is -5.08. The van der Waals surface area contributed by atoms with Crippen molar-refractivity contribution in [3.8, 4) is 0 Å². The molecule has 1 aliphatic heterocycles. The van der Waals surface area contributed by atoms with Gasteiger partial charge in [-0.1, -0.05) is 30.3 Å². The summed E-state index contributed by atoms with van der Waals surface area (Å²) in [5.74, 6) is -1.82. The third-order valence-corrected chi connectivity index (χ3v) is 7.19. The van der Waals surface area contributed by atoms with Gasteiger partial charge in [-0.05, 0) is 56.4 Å². The number of carbonyl (C=O) groups is 2. The molecule has 0 saturated carbocycles. The Balaban J connectivity index is 0.000000406. The molecule has 1 aliphatic carbocycles. The first-order valence-electron chi connectivity index (χ1n) is 11.2. The summed E-state index contributed by atoms with van der Waals surface area (Å²) in [5, 5.41) is 10.9. The lowest BCUT2D eigenvalue weighted by molar-refractivity contribution is -0.192. The van der Waals surface area contributed by atoms with Gasteiger partial charge in [0.05, 0.1) is 5.69 Å². The van der Waals surface area contributed by atoms with Crippen LogP contribution in [-0.4, -0.2) is 52.3 Å². The van der Waals surface area contributed by atoms with Crippen molar-refractivity contribution in [2.75, 3.05) is 18.4 Å². The van der Waals surface area contributed by atoms with Crippen molar-refractivity contribution in [3.05, 3.63) is 46.5 Å². The van der Waals surface area contributed by atoms with Crippen molar-refractivity contribution in [1.29, 1.82) is 0 Å². The number of carboxylic acid groups (broad SMARTS) is 1. The van der Waals surface area contributed by atoms with E-state index in [0.717, 1.165) is 56.0 Å². The lowest BCUT2D eigenvalue weighted by Gasteiger charge is -2.34. The van der Waals surface area contributed by atoms with E-state index in [-0.39, 0.29) is 12.1 Å². The first kappa shape index (κ1) is 26.0. The smallest absolute Gasteiger partial charge is 0.475 e. The monoisotopic (exact) mass is 498 g/mol. The second-order valence-electron chi connectivity index (χ2n) is 8.68. The number of anilines is 1. The quantitative estimate of drug-likeness (QED) is 0.571. The van der Waals surface area contributed by atoms with E-state index >= 15 is 0 Å². The summed E-state index contributed by atoms with van der Waals surface area (Å²) in [7, 11) is 0. The number of nitrogens with two attached hydrogens (primary N) is 1. The zero-order valence-electron chi connectivity index (χ0n) is 18.8. The number of alkyl halides is 3. The summed E-state index contributed by atoms with van der Waals surface area (Å²) in [6, 6.07) is 10.8. The van der Waals surface area contributed by atoms with Gasteiger partial charge in [0.1, 0.15) is 0 Å². The van der Waals surface area contributed by atoms with E-state index in [9.17, 15) is 18.0 Å². The summed E-state index contributed by atoms with van der Waals surface area (Å²) < 4.78 is 31.7. The van der Waals surface area contributed by atoms with Gasteiger partial charge < -0.3 is 15.7 Å². The number of rotatable bonds is 3. The van der Waals surface area contributed by atoms with Crippen molar-refractivity contribution < 1.29 is 27.9 Å². The Morgan fingerprint density at radius 1 is 1.26 bits per heavy atom. The minimum absolute atomic E-state index is 0.0361. The number of hydrogen-bond acceptors (Lipinski definition) is 5. The summed E-state index contributed by atoms with van der Waals surface area (Å²) in [6.45, 7) is 3.57. The number of hydrogen-bond donors (Lipinski definition) is 3. The molecular formula is C23H29F3N4O3S. The number of benzene rings is 1. The molecule has 0 spiro atoms. The van der Waals surface area contributed by atoms with Gasteiger partial charge in [-0.3, -0.25) is 5.32 Å². The fourth-order valence-electron chi connectivity index (χ4n) is 4.23. The highest BCUT2D eigenvalue weighted by molar-refractivity contribution is 7.15. The number of urea groups is 1. The van der Waals surface area contributed by atoms with Gasteiger partial charge in [0.2, 0.25) is 0 Å². The molecule has 34 heavy (non-hydrogen) atoms. The van der Waals surface area contributed by atoms with Crippen LogP contribution in [0.5, 0.6) is 0 Å². The number of aliphatic carboxylic acids is 1. The van der Waals surface area contributed by atoms with E-state index in [1.54, 1.807) is 11.3 Å². The summed E-state index contributed by atoms with van der Waals surface area (Å²) in [5.41, 5.74) is 8.60. The third kappa shape index (κ3) is 6.92. The molecule has 4 rings (SSSR count). The summed E-state index contributed by atoms with van der Waals surface area (Å²) in [4.78, 5) is 29.5. The van der Waals surface area contributed by atoms with Crippen LogP contribution in [0.4, 0.5) is 23.1 Å². The van der Waals surface area contributed by atoms with Crippen LogP contribution in [0.1, 0.15) is 48.2 Å². The van der Waals surface area contributed by atoms with Crippen molar-refractivity contribution in [2.24, 2.45) is 11.7 Å². The number of amides is 2. The molecule has 2 aliphatic rings. The Bertz CT molecular complexity index is 982. The maximum Gasteiger partial charge on any atom is 0.490 e. The van der Waals surface area contributed by atoms with Crippen LogP contribution in [-0.2, 0) is 17.6 Å². The predicted molar refractivity (Wildman–Crippen MR) is 124 cm³/mol. The molecule has 3 atom stereocenters. The Morgan fingerprint density at radius 2 is 1.94 bits per heavy atom. The Morgan fingerprint density at radius 3 is 2.56 bits per heavy atom. The van der Waals surface area contributed by atoms with Gasteiger partial charge in [0, 0.05) is 24.0 Å². The van der Waals surface area contributed by atoms with E-state index in [2.05, 4.69) is 35.6 Å². The average Bonchev–Trinajstić information content (AvgIpc) is 3.21. The molecule has 11 heteroatoms. The highest BCUT2D eigenvalue weighted by Gasteiger charge is 2.38. The van der Waals surface area contributed by atoms with Crippen molar-refractivity contribution in [2.45, 2.75) is 57.2 Å². The number of carbonyl (C=O) groups excluding carboxylic acids is 1. The first-order valence-corrected chi connectivity index (χ1v) is 12.0. The lowest BCUT2D eigenvalue weighted by Crippen LogP contribution is -2.46. The molecule has 1 aromatic heterocycles. The average molecular weight is 499 g/mol. The molecule has 2 aromatic rings. The van der Waals surface area contributed by atoms with E-state index in [1.807, 2.05) is 11.8 Å². The SMILES string of the molecule is CC(N)C1CCCN(C(=O)Nc2nc3c(s2)CC(c2ccccc2)CC3)C1.O=C(O)C(F)(F)F. The highest BCUT2D eigenvalue weighted by atomic mass is 32.1. The first-order chi connectivity index (χ1) is 16.0. The van der Waals surface area contributed by atoms with Crippen LogP contribution in [0.15, 0.2) is 30.3 Å². The van der Waals surface area contributed by atoms with Crippen LogP contribution in [0.25, 0.3) is 0 Å². The second kappa shape index (κ2) is 11.2. The fourth-order valence-corrected chi connectivity index (χ4v) is 5.31. The molecule has 0 bridgehead atoms. The lowest BCUT2D eigenvalue weighted by atomic mass is 9.85. The number of likely N-dealkylation sites (tertiary alicyclic amines) is 1. The number of nitrogens with one attached hydrogen (secondary N) is 1. The Kier molecular flexibility index (Phi) is 8.53. The van der Waals surface area contributed by atoms with E-state index in [4.69, 9.17) is 20.6 Å². The molecule has 2 heterocycles. The van der Waals surface area contributed by atoms with Crippen LogP contribution >= 0.6 is 11.3 Å². The number of carboxylic acids is 1. The van der Waals surface area contributed by atoms with E-state index in [0.29, 0.717) is 11.8 Å². The molecule has 2 amide bonds. The number of thiazole rings is 1. The third-order valence-electron chi connectivity index (χ3n) is 6.16. The number of fused-ring (bicyclic) bond motifs is 1. The highest BCUT2D eigenvalue weighted by Crippen LogP contribution is 2.37. The van der Waals surface area contributed by atoms with Gasteiger partial charge in [0.25, 0.3) is 0 Å². The van der Waals surface area contributed by atoms with Gasteiger partial charge in [-0.15, -0.1) is 11.3 Å². The maximum atomic E-state index is 12.7. The van der Waals surface area contributed by atoms with Crippen molar-refractivity contribution >= 4 is 28.5 Å². The van der Waals surface area contributed by atoms with Crippen LogP contribution in [0, 0.1) is 5.92 Å². The molecular weight excluding hydrogens is 469 g/mol. The van der Waals surface area contributed by atoms with Crippen LogP contribution < -0.4 is 11.1 Å². The fraction of sp³-hybridized carbons (Fsp3) is 0.522. The molecule has 1 aromatic carbocycles. The predicted octanol–water partition coefficient (Wildman–Crippen LogP) is 4.64. The van der Waals surface area contributed by atoms with Gasteiger partial charge >= 0.3 is 18.2 Å². The zero-order chi connectivity index (χ0) is 24.9. The number of aromatic nitrogens is 1. The Hall–Kier alpha value is -2.66. The zero-order valence-corrected chi connectivity index (χ0v) is 19.7. The number of aryl methyl sites for hydroxylation is 1. The van der Waals surface area contributed by atoms with Crippen molar-refractivity contribution in [3.63, 3.8) is 0 Å². The van der Waals surface area contributed by atoms with E-state index < -0.39 is 12.1 Å². The molecule has 186 valence electrons. The molecule has 7 nitrogen and oxygen atoms in total. The maximum absolute atomic E-state index is 12.7. The van der Waals surface area contributed by atoms with Gasteiger partial charge in [0.15, 0.2) is 5.13 Å². The minimum Gasteiger partial charge on any atom is -0.475 e. The number of piperidine rings is 1. The van der Waals surface area contributed by atoms with Crippen LogP contribution in [0.2, 0.25) is 0 Å².